The zero-order valence-corrected chi connectivity index (χ0v) is 8.21. The van der Waals surface area contributed by atoms with Crippen molar-refractivity contribution in [1.82, 2.24) is 4.90 Å². The average Bonchev–Trinajstić information content (AvgIpc) is 2.12. The minimum absolute atomic E-state index is 0.244. The fourth-order valence-corrected chi connectivity index (χ4v) is 2.44. The second-order valence-corrected chi connectivity index (χ2v) is 4.36. The lowest BCUT2D eigenvalue weighted by Crippen LogP contribution is -2.44. The molecular weight excluding hydrogens is 160 g/mol. The number of nitriles is 1. The fourth-order valence-electron chi connectivity index (χ4n) is 2.44. The summed E-state index contributed by atoms with van der Waals surface area (Å²) >= 11 is 0. The number of likely N-dealkylation sites (tertiary alicyclic amines) is 1. The van der Waals surface area contributed by atoms with Gasteiger partial charge in [-0.1, -0.05) is 12.8 Å². The Morgan fingerprint density at radius 3 is 2.23 bits per heavy atom. The van der Waals surface area contributed by atoms with E-state index in [-0.39, 0.29) is 6.04 Å². The molecule has 2 rings (SSSR count). The molecule has 2 heteroatoms. The van der Waals surface area contributed by atoms with E-state index in [1.54, 1.807) is 0 Å². The van der Waals surface area contributed by atoms with Gasteiger partial charge < -0.3 is 0 Å². The van der Waals surface area contributed by atoms with E-state index in [9.17, 15) is 0 Å². The Labute approximate surface area is 80.5 Å². The van der Waals surface area contributed by atoms with Gasteiger partial charge in [0.2, 0.25) is 0 Å². The summed E-state index contributed by atoms with van der Waals surface area (Å²) in [5, 5.41) is 9.12. The second-order valence-electron chi connectivity index (χ2n) is 4.36. The van der Waals surface area contributed by atoms with Crippen molar-refractivity contribution in [2.24, 2.45) is 5.92 Å². The second kappa shape index (κ2) is 4.11. The maximum Gasteiger partial charge on any atom is 0.101 e. The standard InChI is InChI=1S/C11H18N2/c12-9-11(10-5-4-6-10)13-7-2-1-3-8-13/h10-11H,1-8H2. The topological polar surface area (TPSA) is 27.0 Å². The van der Waals surface area contributed by atoms with Gasteiger partial charge in [0, 0.05) is 0 Å². The van der Waals surface area contributed by atoms with Crippen LogP contribution in [0.3, 0.4) is 0 Å². The lowest BCUT2D eigenvalue weighted by Gasteiger charge is -2.38. The van der Waals surface area contributed by atoms with Crippen LogP contribution in [0.15, 0.2) is 0 Å². The molecule has 2 nitrogen and oxygen atoms in total. The van der Waals surface area contributed by atoms with Crippen molar-refractivity contribution in [3.8, 4) is 6.07 Å². The van der Waals surface area contributed by atoms with Crippen molar-refractivity contribution in [3.05, 3.63) is 0 Å². The van der Waals surface area contributed by atoms with Gasteiger partial charge >= 0.3 is 0 Å². The highest BCUT2D eigenvalue weighted by atomic mass is 15.2. The van der Waals surface area contributed by atoms with Crippen LogP contribution in [0, 0.1) is 17.2 Å². The van der Waals surface area contributed by atoms with Crippen LogP contribution in [-0.4, -0.2) is 24.0 Å². The summed E-state index contributed by atoms with van der Waals surface area (Å²) in [6.45, 7) is 2.32. The first kappa shape index (κ1) is 9.02. The molecule has 0 amide bonds. The molecule has 0 N–H and O–H groups in total. The van der Waals surface area contributed by atoms with E-state index in [1.165, 1.54) is 38.5 Å². The molecule has 0 spiro atoms. The highest BCUT2D eigenvalue weighted by molar-refractivity contribution is 4.99. The van der Waals surface area contributed by atoms with E-state index < -0.39 is 0 Å². The maximum absolute atomic E-state index is 9.12. The van der Waals surface area contributed by atoms with Gasteiger partial charge in [0.1, 0.15) is 6.04 Å². The fraction of sp³-hybridized carbons (Fsp3) is 0.909. The van der Waals surface area contributed by atoms with Gasteiger partial charge in [0.05, 0.1) is 6.07 Å². The number of piperidine rings is 1. The third-order valence-electron chi connectivity index (χ3n) is 3.51. The molecule has 1 atom stereocenters. The van der Waals surface area contributed by atoms with Crippen LogP contribution in [0.25, 0.3) is 0 Å². The van der Waals surface area contributed by atoms with E-state index in [2.05, 4.69) is 11.0 Å². The molecule has 0 bridgehead atoms. The van der Waals surface area contributed by atoms with E-state index >= 15 is 0 Å². The van der Waals surface area contributed by atoms with Crippen molar-refractivity contribution < 1.29 is 0 Å². The van der Waals surface area contributed by atoms with Gasteiger partial charge in [-0.3, -0.25) is 4.90 Å². The smallest absolute Gasteiger partial charge is 0.101 e. The van der Waals surface area contributed by atoms with E-state index in [0.717, 1.165) is 13.1 Å². The molecule has 2 fully saturated rings. The number of rotatable bonds is 2. The zero-order valence-electron chi connectivity index (χ0n) is 8.21. The number of nitrogens with zero attached hydrogens (tertiary/aromatic N) is 2. The van der Waals surface area contributed by atoms with E-state index in [4.69, 9.17) is 5.26 Å². The molecule has 2 aliphatic rings. The normalized spacial score (nSPS) is 27.6. The summed E-state index contributed by atoms with van der Waals surface area (Å²) in [7, 11) is 0. The molecule has 0 aromatic heterocycles. The third kappa shape index (κ3) is 1.86. The van der Waals surface area contributed by atoms with Crippen molar-refractivity contribution in [3.63, 3.8) is 0 Å². The predicted octanol–water partition coefficient (Wildman–Crippen LogP) is 2.16. The van der Waals surface area contributed by atoms with E-state index in [0.29, 0.717) is 5.92 Å². The monoisotopic (exact) mass is 178 g/mol. The van der Waals surface area contributed by atoms with Crippen LogP contribution in [-0.2, 0) is 0 Å². The summed E-state index contributed by atoms with van der Waals surface area (Å²) in [5.74, 6) is 0.697. The quantitative estimate of drug-likeness (QED) is 0.648. The molecule has 1 saturated heterocycles. The largest absolute Gasteiger partial charge is 0.288 e. The van der Waals surface area contributed by atoms with Crippen molar-refractivity contribution in [2.45, 2.75) is 44.6 Å². The van der Waals surface area contributed by atoms with Gasteiger partial charge in [-0.05, 0) is 44.7 Å². The van der Waals surface area contributed by atoms with Crippen molar-refractivity contribution in [1.29, 1.82) is 5.26 Å². The molecule has 13 heavy (non-hydrogen) atoms. The summed E-state index contributed by atoms with van der Waals surface area (Å²) < 4.78 is 0. The zero-order chi connectivity index (χ0) is 9.10. The first-order valence-electron chi connectivity index (χ1n) is 5.55. The van der Waals surface area contributed by atoms with Crippen LogP contribution in [0.1, 0.15) is 38.5 Å². The molecular formula is C11H18N2. The molecule has 1 aliphatic heterocycles. The minimum atomic E-state index is 0.244. The molecule has 1 unspecified atom stereocenters. The summed E-state index contributed by atoms with van der Waals surface area (Å²) in [4.78, 5) is 2.41. The van der Waals surface area contributed by atoms with Gasteiger partial charge in [0.25, 0.3) is 0 Å². The summed E-state index contributed by atoms with van der Waals surface area (Å²) in [6.07, 6.45) is 7.87. The Kier molecular flexibility index (Phi) is 2.85. The van der Waals surface area contributed by atoms with Crippen LogP contribution < -0.4 is 0 Å². The Hall–Kier alpha value is -0.550. The predicted molar refractivity (Wildman–Crippen MR) is 52.2 cm³/mol. The number of hydrogen-bond acceptors (Lipinski definition) is 2. The highest BCUT2D eigenvalue weighted by Gasteiger charge is 2.32. The Morgan fingerprint density at radius 1 is 1.08 bits per heavy atom. The van der Waals surface area contributed by atoms with E-state index in [1.807, 2.05) is 0 Å². The molecule has 1 saturated carbocycles. The average molecular weight is 178 g/mol. The lowest BCUT2D eigenvalue weighted by atomic mass is 9.79. The number of hydrogen-bond donors (Lipinski definition) is 0. The summed E-state index contributed by atoms with van der Waals surface area (Å²) in [6, 6.07) is 2.74. The van der Waals surface area contributed by atoms with Crippen molar-refractivity contribution in [2.75, 3.05) is 13.1 Å². The van der Waals surface area contributed by atoms with Crippen LogP contribution >= 0.6 is 0 Å². The molecule has 0 radical (unpaired) electrons. The van der Waals surface area contributed by atoms with Gasteiger partial charge in [-0.15, -0.1) is 0 Å². The SMILES string of the molecule is N#CC(C1CCC1)N1CCCCC1. The molecule has 1 aliphatic carbocycles. The maximum atomic E-state index is 9.12. The van der Waals surface area contributed by atoms with Crippen LogP contribution in [0.4, 0.5) is 0 Å². The Balaban J connectivity index is 1.90. The van der Waals surface area contributed by atoms with Crippen LogP contribution in [0.5, 0.6) is 0 Å². The highest BCUT2D eigenvalue weighted by Crippen LogP contribution is 2.32. The first-order valence-corrected chi connectivity index (χ1v) is 5.55. The van der Waals surface area contributed by atoms with Gasteiger partial charge in [-0.2, -0.15) is 5.26 Å². The Morgan fingerprint density at radius 2 is 1.77 bits per heavy atom. The Bertz CT molecular complexity index is 197. The molecule has 72 valence electrons. The molecule has 1 heterocycles. The van der Waals surface area contributed by atoms with Gasteiger partial charge in [-0.25, -0.2) is 0 Å². The minimum Gasteiger partial charge on any atom is -0.288 e. The third-order valence-corrected chi connectivity index (χ3v) is 3.51. The lowest BCUT2D eigenvalue weighted by molar-refractivity contribution is 0.112. The molecule has 0 aromatic rings. The van der Waals surface area contributed by atoms with Crippen LogP contribution in [0.2, 0.25) is 0 Å². The van der Waals surface area contributed by atoms with Crippen molar-refractivity contribution >= 4 is 0 Å². The summed E-state index contributed by atoms with van der Waals surface area (Å²) in [5.41, 5.74) is 0. The first-order chi connectivity index (χ1) is 6.42. The van der Waals surface area contributed by atoms with Gasteiger partial charge in [0.15, 0.2) is 0 Å². The molecule has 0 aromatic carbocycles.